The molecule has 4 nitrogen and oxygen atoms in total. The van der Waals surface area contributed by atoms with E-state index >= 15 is 0 Å². The number of carbonyl (C=O) groups excluding carboxylic acids is 1. The van der Waals surface area contributed by atoms with Crippen molar-refractivity contribution in [1.82, 2.24) is 10.3 Å². The molecule has 0 saturated carbocycles. The van der Waals surface area contributed by atoms with Crippen LogP contribution < -0.4 is 10.3 Å². The molecular weight excluding hydrogens is 233 g/mol. The minimum atomic E-state index is -0.344. The second-order valence-corrected chi connectivity index (χ2v) is 4.72. The molecule has 2 aliphatic rings. The van der Waals surface area contributed by atoms with Crippen LogP contribution >= 0.6 is 0 Å². The highest BCUT2D eigenvalue weighted by molar-refractivity contribution is 5.94. The number of carbonyl (C=O) groups is 1. The summed E-state index contributed by atoms with van der Waals surface area (Å²) in [7, 11) is 0. The Kier molecular flexibility index (Phi) is 3.01. The molecule has 3 rings (SSSR count). The molecule has 2 saturated heterocycles. The van der Waals surface area contributed by atoms with E-state index < -0.39 is 0 Å². The Balaban J connectivity index is 1.92. The summed E-state index contributed by atoms with van der Waals surface area (Å²) in [6.07, 6.45) is 1.46. The summed E-state index contributed by atoms with van der Waals surface area (Å²) in [6, 6.07) is 6.74. The van der Waals surface area contributed by atoms with Crippen LogP contribution in [0.4, 0.5) is 10.1 Å². The van der Waals surface area contributed by atoms with Gasteiger partial charge in [0, 0.05) is 25.6 Å². The third kappa shape index (κ3) is 1.89. The van der Waals surface area contributed by atoms with Crippen LogP contribution in [0.3, 0.4) is 0 Å². The lowest BCUT2D eigenvalue weighted by atomic mass is 10.2. The number of hydrogen-bond donors (Lipinski definition) is 1. The summed E-state index contributed by atoms with van der Waals surface area (Å²) in [4.78, 5) is 12.0. The second kappa shape index (κ2) is 4.66. The first-order valence-corrected chi connectivity index (χ1v) is 6.32. The topological polar surface area (TPSA) is 35.6 Å². The molecule has 2 heterocycles. The normalized spacial score (nSPS) is 25.1. The Labute approximate surface area is 105 Å². The number of para-hydroxylation sites is 1. The van der Waals surface area contributed by atoms with Crippen LogP contribution in [0.1, 0.15) is 12.8 Å². The number of rotatable bonds is 2. The average Bonchev–Trinajstić information content (AvgIpc) is 2.99. The maximum atomic E-state index is 13.8. The van der Waals surface area contributed by atoms with Gasteiger partial charge in [0.05, 0.1) is 5.69 Å². The van der Waals surface area contributed by atoms with E-state index in [0.717, 1.165) is 19.5 Å². The van der Waals surface area contributed by atoms with Crippen LogP contribution in [0.25, 0.3) is 0 Å². The molecule has 0 radical (unpaired) electrons. The molecule has 18 heavy (non-hydrogen) atoms. The van der Waals surface area contributed by atoms with Gasteiger partial charge in [-0.2, -0.15) is 0 Å². The molecule has 2 aliphatic heterocycles. The average molecular weight is 249 g/mol. The summed E-state index contributed by atoms with van der Waals surface area (Å²) in [5.41, 5.74) is 0.368. The fraction of sp³-hybridized carbons (Fsp3) is 0.462. The molecule has 96 valence electrons. The summed E-state index contributed by atoms with van der Waals surface area (Å²) in [5, 5.41) is 6.80. The van der Waals surface area contributed by atoms with Crippen molar-refractivity contribution < 1.29 is 9.18 Å². The summed E-state index contributed by atoms with van der Waals surface area (Å²) < 4.78 is 13.8. The van der Waals surface area contributed by atoms with Crippen molar-refractivity contribution in [1.29, 1.82) is 0 Å². The van der Waals surface area contributed by atoms with Gasteiger partial charge < -0.3 is 5.32 Å². The van der Waals surface area contributed by atoms with Gasteiger partial charge in [-0.15, -0.1) is 0 Å². The highest BCUT2D eigenvalue weighted by atomic mass is 19.1. The van der Waals surface area contributed by atoms with Crippen molar-refractivity contribution in [3.05, 3.63) is 30.1 Å². The Hall–Kier alpha value is -1.46. The molecule has 2 fully saturated rings. The molecule has 0 aromatic heterocycles. The van der Waals surface area contributed by atoms with Gasteiger partial charge in [-0.3, -0.25) is 4.79 Å². The van der Waals surface area contributed by atoms with Gasteiger partial charge in [0.15, 0.2) is 0 Å². The molecule has 1 N–H and O–H groups in total. The zero-order valence-corrected chi connectivity index (χ0v) is 10.1. The highest BCUT2D eigenvalue weighted by Crippen LogP contribution is 2.28. The molecule has 1 aromatic rings. The Morgan fingerprint density at radius 3 is 2.89 bits per heavy atom. The lowest BCUT2D eigenvalue weighted by Crippen LogP contribution is -2.47. The fourth-order valence-corrected chi connectivity index (χ4v) is 2.70. The van der Waals surface area contributed by atoms with Crippen LogP contribution in [0.2, 0.25) is 0 Å². The lowest BCUT2D eigenvalue weighted by molar-refractivity contribution is -0.118. The fourth-order valence-electron chi connectivity index (χ4n) is 2.70. The monoisotopic (exact) mass is 249 g/mol. The molecule has 1 aromatic carbocycles. The van der Waals surface area contributed by atoms with E-state index in [0.29, 0.717) is 18.7 Å². The van der Waals surface area contributed by atoms with Gasteiger partial charge in [-0.05, 0) is 25.1 Å². The highest BCUT2D eigenvalue weighted by Gasteiger charge is 2.37. The molecule has 0 spiro atoms. The Bertz CT molecular complexity index is 459. The van der Waals surface area contributed by atoms with E-state index in [1.807, 2.05) is 5.01 Å². The van der Waals surface area contributed by atoms with Crippen molar-refractivity contribution in [3.8, 4) is 0 Å². The van der Waals surface area contributed by atoms with E-state index in [-0.39, 0.29) is 17.8 Å². The predicted octanol–water partition coefficient (Wildman–Crippen LogP) is 1.14. The third-order valence-electron chi connectivity index (χ3n) is 3.58. The first kappa shape index (κ1) is 11.6. The molecule has 1 amide bonds. The van der Waals surface area contributed by atoms with Crippen LogP contribution in [0, 0.1) is 5.82 Å². The molecule has 0 aliphatic carbocycles. The minimum Gasteiger partial charge on any atom is -0.315 e. The largest absolute Gasteiger partial charge is 0.315 e. The smallest absolute Gasteiger partial charge is 0.243 e. The van der Waals surface area contributed by atoms with Crippen molar-refractivity contribution in [2.24, 2.45) is 0 Å². The number of hydrogen-bond acceptors (Lipinski definition) is 3. The van der Waals surface area contributed by atoms with Gasteiger partial charge in [0.2, 0.25) is 5.91 Å². The van der Waals surface area contributed by atoms with Crippen LogP contribution in [-0.2, 0) is 4.79 Å². The maximum absolute atomic E-state index is 13.8. The predicted molar refractivity (Wildman–Crippen MR) is 66.5 cm³/mol. The van der Waals surface area contributed by atoms with Crippen molar-refractivity contribution >= 4 is 11.6 Å². The van der Waals surface area contributed by atoms with Crippen molar-refractivity contribution in [2.75, 3.05) is 24.6 Å². The molecule has 0 bridgehead atoms. The maximum Gasteiger partial charge on any atom is 0.243 e. The number of benzene rings is 1. The summed E-state index contributed by atoms with van der Waals surface area (Å²) in [6.45, 7) is 2.50. The summed E-state index contributed by atoms with van der Waals surface area (Å²) in [5.74, 6) is -0.365. The van der Waals surface area contributed by atoms with Crippen LogP contribution in [0.5, 0.6) is 0 Å². The van der Waals surface area contributed by atoms with Gasteiger partial charge in [-0.25, -0.2) is 14.4 Å². The minimum absolute atomic E-state index is 0.0213. The van der Waals surface area contributed by atoms with E-state index in [1.54, 1.807) is 18.2 Å². The molecule has 1 atom stereocenters. The lowest BCUT2D eigenvalue weighted by Gasteiger charge is -2.32. The van der Waals surface area contributed by atoms with Gasteiger partial charge in [0.25, 0.3) is 0 Å². The van der Waals surface area contributed by atoms with Gasteiger partial charge in [0.1, 0.15) is 5.82 Å². The number of nitrogens with one attached hydrogen (secondary N) is 1. The Morgan fingerprint density at radius 1 is 1.33 bits per heavy atom. The summed E-state index contributed by atoms with van der Waals surface area (Å²) >= 11 is 0. The van der Waals surface area contributed by atoms with Gasteiger partial charge in [-0.1, -0.05) is 12.1 Å². The third-order valence-corrected chi connectivity index (χ3v) is 3.58. The van der Waals surface area contributed by atoms with E-state index in [4.69, 9.17) is 0 Å². The number of anilines is 1. The molecule has 1 unspecified atom stereocenters. The zero-order chi connectivity index (χ0) is 12.5. The van der Waals surface area contributed by atoms with E-state index in [2.05, 4.69) is 5.32 Å². The zero-order valence-electron chi connectivity index (χ0n) is 10.1. The number of nitrogens with zero attached hydrogens (tertiary/aromatic N) is 2. The van der Waals surface area contributed by atoms with Crippen LogP contribution in [-0.4, -0.2) is 36.6 Å². The second-order valence-electron chi connectivity index (χ2n) is 4.72. The number of hydrazine groups is 1. The van der Waals surface area contributed by atoms with E-state index in [1.165, 1.54) is 11.1 Å². The molecule has 5 heteroatoms. The first-order valence-electron chi connectivity index (χ1n) is 6.32. The Morgan fingerprint density at radius 2 is 2.17 bits per heavy atom. The standard InChI is InChI=1S/C13H16FN3O/c14-11-3-1-2-4-12(11)17-13(18)6-8-16(17)10-5-7-15-9-10/h1-4,10,15H,5-9H2. The van der Waals surface area contributed by atoms with E-state index in [9.17, 15) is 9.18 Å². The van der Waals surface area contributed by atoms with Crippen LogP contribution in [0.15, 0.2) is 24.3 Å². The quantitative estimate of drug-likeness (QED) is 0.853. The SMILES string of the molecule is O=C1CCN(C2CCNC2)N1c1ccccc1F. The van der Waals surface area contributed by atoms with Gasteiger partial charge >= 0.3 is 0 Å². The van der Waals surface area contributed by atoms with Crippen molar-refractivity contribution in [2.45, 2.75) is 18.9 Å². The van der Waals surface area contributed by atoms with Crippen molar-refractivity contribution in [3.63, 3.8) is 0 Å². The molecular formula is C13H16FN3O. The number of amides is 1. The number of halogens is 1. The first-order chi connectivity index (χ1) is 8.77.